The Morgan fingerprint density at radius 2 is 1.63 bits per heavy atom. The summed E-state index contributed by atoms with van der Waals surface area (Å²) < 4.78 is 18.3. The average Bonchev–Trinajstić information content (AvgIpc) is 2.70. The van der Waals surface area contributed by atoms with Crippen molar-refractivity contribution in [1.29, 1.82) is 0 Å². The quantitative estimate of drug-likeness (QED) is 0.672. The Labute approximate surface area is 154 Å². The molecule has 8 heteroatoms. The lowest BCUT2D eigenvalue weighted by Gasteiger charge is -2.10. The van der Waals surface area contributed by atoms with Crippen LogP contribution in [0.1, 0.15) is 20.8 Å². The van der Waals surface area contributed by atoms with Crippen molar-refractivity contribution < 1.29 is 18.7 Å². The van der Waals surface area contributed by atoms with Gasteiger partial charge in [0.2, 0.25) is 0 Å². The van der Waals surface area contributed by atoms with Crippen molar-refractivity contribution >= 4 is 29.1 Å². The van der Waals surface area contributed by atoms with Crippen LogP contribution in [0.25, 0.3) is 0 Å². The number of para-hydroxylation sites is 2. The smallest absolute Gasteiger partial charge is 0.339 e. The molecule has 0 aliphatic carbocycles. The minimum absolute atomic E-state index is 0.0186. The number of carbonyl (C=O) groups is 2. The van der Waals surface area contributed by atoms with Crippen LogP contribution in [0.4, 0.5) is 21.6 Å². The minimum Gasteiger partial charge on any atom is -0.465 e. The molecule has 0 unspecified atom stereocenters. The second-order valence-electron chi connectivity index (χ2n) is 5.40. The summed E-state index contributed by atoms with van der Waals surface area (Å²) in [6.07, 6.45) is 0. The van der Waals surface area contributed by atoms with Crippen LogP contribution in [0.2, 0.25) is 0 Å². The summed E-state index contributed by atoms with van der Waals surface area (Å²) in [5.41, 5.74) is 0.897. The number of ether oxygens (including phenoxy) is 1. The maximum atomic E-state index is 13.6. The van der Waals surface area contributed by atoms with E-state index < -0.39 is 17.7 Å². The molecule has 0 bridgehead atoms. The van der Waals surface area contributed by atoms with Crippen LogP contribution in [0.5, 0.6) is 0 Å². The fraction of sp³-hybridized carbons (Fsp3) is 0.0526. The Bertz CT molecular complexity index is 977. The highest BCUT2D eigenvalue weighted by Crippen LogP contribution is 2.20. The van der Waals surface area contributed by atoms with E-state index >= 15 is 0 Å². The molecule has 2 N–H and O–H groups in total. The number of rotatable bonds is 5. The first-order valence-electron chi connectivity index (χ1n) is 7.92. The van der Waals surface area contributed by atoms with Crippen molar-refractivity contribution in [2.45, 2.75) is 0 Å². The Balaban J connectivity index is 1.74. The number of hydrogen-bond donors (Lipinski definition) is 2. The van der Waals surface area contributed by atoms with Gasteiger partial charge in [-0.25, -0.2) is 9.18 Å². The van der Waals surface area contributed by atoms with Gasteiger partial charge in [0, 0.05) is 0 Å². The second-order valence-corrected chi connectivity index (χ2v) is 5.40. The van der Waals surface area contributed by atoms with E-state index in [1.807, 2.05) is 0 Å². The largest absolute Gasteiger partial charge is 0.465 e. The molecule has 0 saturated heterocycles. The zero-order valence-corrected chi connectivity index (χ0v) is 14.3. The minimum atomic E-state index is -0.589. The predicted molar refractivity (Wildman–Crippen MR) is 97.4 cm³/mol. The third-order valence-corrected chi connectivity index (χ3v) is 3.61. The van der Waals surface area contributed by atoms with Gasteiger partial charge in [-0.3, -0.25) is 4.79 Å². The molecule has 2 aromatic carbocycles. The van der Waals surface area contributed by atoms with E-state index in [0.29, 0.717) is 17.1 Å². The van der Waals surface area contributed by atoms with Crippen molar-refractivity contribution in [1.82, 2.24) is 10.2 Å². The van der Waals surface area contributed by atoms with Crippen molar-refractivity contribution in [2.75, 3.05) is 17.7 Å². The first-order valence-corrected chi connectivity index (χ1v) is 7.92. The van der Waals surface area contributed by atoms with Gasteiger partial charge < -0.3 is 15.4 Å². The second kappa shape index (κ2) is 8.05. The Hall–Kier alpha value is -3.81. The van der Waals surface area contributed by atoms with Crippen LogP contribution >= 0.6 is 0 Å². The normalized spacial score (nSPS) is 10.1. The summed E-state index contributed by atoms with van der Waals surface area (Å²) >= 11 is 0. The molecule has 0 atom stereocenters. The van der Waals surface area contributed by atoms with Gasteiger partial charge in [-0.15, -0.1) is 10.2 Å². The molecule has 1 aromatic heterocycles. The molecule has 0 aliphatic heterocycles. The number of esters is 1. The lowest BCUT2D eigenvalue weighted by atomic mass is 10.2. The topological polar surface area (TPSA) is 93.2 Å². The van der Waals surface area contributed by atoms with Crippen LogP contribution in [-0.4, -0.2) is 29.2 Å². The summed E-state index contributed by atoms with van der Waals surface area (Å²) in [6, 6.07) is 15.5. The first kappa shape index (κ1) is 18.0. The van der Waals surface area contributed by atoms with E-state index in [0.717, 1.165) is 0 Å². The van der Waals surface area contributed by atoms with Gasteiger partial charge in [-0.05, 0) is 36.4 Å². The van der Waals surface area contributed by atoms with Crippen LogP contribution in [0, 0.1) is 5.82 Å². The molecule has 3 aromatic rings. The van der Waals surface area contributed by atoms with Gasteiger partial charge in [-0.2, -0.15) is 0 Å². The maximum Gasteiger partial charge on any atom is 0.339 e. The summed E-state index contributed by atoms with van der Waals surface area (Å²) in [5.74, 6) is -1.30. The van der Waals surface area contributed by atoms with Gasteiger partial charge in [0.25, 0.3) is 5.91 Å². The van der Waals surface area contributed by atoms with E-state index in [1.165, 1.54) is 37.4 Å². The van der Waals surface area contributed by atoms with E-state index in [-0.39, 0.29) is 11.4 Å². The molecule has 0 spiro atoms. The zero-order valence-electron chi connectivity index (χ0n) is 14.3. The summed E-state index contributed by atoms with van der Waals surface area (Å²) in [7, 11) is 1.29. The molecule has 27 heavy (non-hydrogen) atoms. The van der Waals surface area contributed by atoms with Gasteiger partial charge in [0.05, 0.1) is 24.0 Å². The molecule has 0 aliphatic rings. The zero-order chi connectivity index (χ0) is 19.2. The van der Waals surface area contributed by atoms with Crippen molar-refractivity contribution in [3.05, 3.63) is 77.7 Å². The number of nitrogens with one attached hydrogen (secondary N) is 2. The number of nitrogens with zero attached hydrogens (tertiary/aromatic N) is 2. The van der Waals surface area contributed by atoms with Gasteiger partial charge in [0.1, 0.15) is 5.82 Å². The number of halogens is 1. The molecule has 7 nitrogen and oxygen atoms in total. The molecule has 0 radical (unpaired) electrons. The third-order valence-electron chi connectivity index (χ3n) is 3.61. The predicted octanol–water partition coefficient (Wildman–Crippen LogP) is 3.40. The van der Waals surface area contributed by atoms with Crippen molar-refractivity contribution in [2.24, 2.45) is 0 Å². The van der Waals surface area contributed by atoms with Crippen LogP contribution in [0.3, 0.4) is 0 Å². The Morgan fingerprint density at radius 3 is 2.30 bits per heavy atom. The lowest BCUT2D eigenvalue weighted by Crippen LogP contribution is -2.15. The standard InChI is InChI=1S/C19H15FN4O3/c1-27-19(26)12-6-2-4-8-14(12)21-17-11-10-16(23-24-17)18(25)22-15-9-5-3-7-13(15)20/h2-11H,1H3,(H,21,24)(H,22,25). The number of benzene rings is 2. The fourth-order valence-electron chi connectivity index (χ4n) is 2.29. The van der Waals surface area contributed by atoms with Gasteiger partial charge in [0.15, 0.2) is 11.5 Å². The molecule has 1 heterocycles. The molecule has 0 saturated carbocycles. The number of hydrogen-bond acceptors (Lipinski definition) is 6. The van der Waals surface area contributed by atoms with E-state index in [1.54, 1.807) is 30.3 Å². The van der Waals surface area contributed by atoms with Crippen molar-refractivity contribution in [3.8, 4) is 0 Å². The number of amides is 1. The van der Waals surface area contributed by atoms with E-state index in [4.69, 9.17) is 4.74 Å². The third kappa shape index (κ3) is 4.24. The monoisotopic (exact) mass is 366 g/mol. The Kier molecular flexibility index (Phi) is 5.36. The maximum absolute atomic E-state index is 13.6. The summed E-state index contributed by atoms with van der Waals surface area (Å²) in [4.78, 5) is 23.9. The van der Waals surface area contributed by atoms with Crippen molar-refractivity contribution in [3.63, 3.8) is 0 Å². The molecule has 1 amide bonds. The fourth-order valence-corrected chi connectivity index (χ4v) is 2.29. The lowest BCUT2D eigenvalue weighted by molar-refractivity contribution is 0.0601. The molecule has 3 rings (SSSR count). The van der Waals surface area contributed by atoms with Crippen LogP contribution < -0.4 is 10.6 Å². The number of carbonyl (C=O) groups excluding carboxylic acids is 2. The highest BCUT2D eigenvalue weighted by molar-refractivity contribution is 6.03. The highest BCUT2D eigenvalue weighted by Gasteiger charge is 2.13. The number of aromatic nitrogens is 2. The Morgan fingerprint density at radius 1 is 0.926 bits per heavy atom. The summed E-state index contributed by atoms with van der Waals surface area (Å²) in [5, 5.41) is 13.1. The van der Waals surface area contributed by atoms with E-state index in [9.17, 15) is 14.0 Å². The number of methoxy groups -OCH3 is 1. The van der Waals surface area contributed by atoms with E-state index in [2.05, 4.69) is 20.8 Å². The van der Waals surface area contributed by atoms with Crippen LogP contribution in [0.15, 0.2) is 60.7 Å². The molecular weight excluding hydrogens is 351 g/mol. The average molecular weight is 366 g/mol. The highest BCUT2D eigenvalue weighted by atomic mass is 19.1. The van der Waals surface area contributed by atoms with Crippen LogP contribution in [-0.2, 0) is 4.74 Å². The van der Waals surface area contributed by atoms with Gasteiger partial charge >= 0.3 is 5.97 Å². The SMILES string of the molecule is COC(=O)c1ccccc1Nc1ccc(C(=O)Nc2ccccc2F)nn1. The molecule has 0 fully saturated rings. The molecule has 136 valence electrons. The van der Waals surface area contributed by atoms with Gasteiger partial charge in [-0.1, -0.05) is 24.3 Å². The number of anilines is 3. The first-order chi connectivity index (χ1) is 13.1. The summed E-state index contributed by atoms with van der Waals surface area (Å²) in [6.45, 7) is 0. The molecular formula is C19H15FN4O3.